The molecule has 2 rings (SSSR count). The predicted molar refractivity (Wildman–Crippen MR) is 66.9 cm³/mol. The average molecular weight is 252 g/mol. The summed E-state index contributed by atoms with van der Waals surface area (Å²) in [5.74, 6) is 0.104. The fourth-order valence-corrected chi connectivity index (χ4v) is 2.02. The topological polar surface area (TPSA) is 59.4 Å². The number of hydrogen-bond acceptors (Lipinski definition) is 4. The molecule has 1 aliphatic heterocycles. The first kappa shape index (κ1) is 13.0. The first-order valence-corrected chi connectivity index (χ1v) is 6.19. The summed E-state index contributed by atoms with van der Waals surface area (Å²) >= 11 is 0. The molecule has 0 bridgehead atoms. The van der Waals surface area contributed by atoms with Crippen LogP contribution in [0.3, 0.4) is 0 Å². The molecule has 1 aromatic heterocycles. The molecule has 1 saturated heterocycles. The molecule has 1 aromatic rings. The lowest BCUT2D eigenvalue weighted by Gasteiger charge is -2.25. The van der Waals surface area contributed by atoms with Crippen LogP contribution in [0.4, 0.5) is 0 Å². The van der Waals surface area contributed by atoms with Crippen LogP contribution in [0.25, 0.3) is 0 Å². The maximum Gasteiger partial charge on any atom is 0.225 e. The molecule has 1 fully saturated rings. The molecule has 6 heteroatoms. The maximum absolute atomic E-state index is 12.0. The van der Waals surface area contributed by atoms with Crippen LogP contribution in [0.5, 0.6) is 0 Å². The Labute approximate surface area is 107 Å². The van der Waals surface area contributed by atoms with Gasteiger partial charge in [0, 0.05) is 45.5 Å². The highest BCUT2D eigenvalue weighted by Crippen LogP contribution is 2.07. The van der Waals surface area contributed by atoms with E-state index in [-0.39, 0.29) is 12.0 Å². The fraction of sp³-hybridized carbons (Fsp3) is 0.667. The van der Waals surface area contributed by atoms with E-state index in [4.69, 9.17) is 4.74 Å². The van der Waals surface area contributed by atoms with E-state index in [1.54, 1.807) is 15.8 Å². The fourth-order valence-electron chi connectivity index (χ4n) is 2.02. The van der Waals surface area contributed by atoms with Crippen LogP contribution in [0.1, 0.15) is 12.0 Å². The highest BCUT2D eigenvalue weighted by molar-refractivity contribution is 5.76. The predicted octanol–water partition coefficient (Wildman–Crippen LogP) is -0.243. The van der Waals surface area contributed by atoms with Crippen LogP contribution < -0.4 is 5.32 Å². The lowest BCUT2D eigenvalue weighted by molar-refractivity contribution is -0.133. The molecule has 0 spiro atoms. The smallest absolute Gasteiger partial charge is 0.225 e. The van der Waals surface area contributed by atoms with E-state index in [1.165, 1.54) is 0 Å². The van der Waals surface area contributed by atoms with Gasteiger partial charge in [-0.1, -0.05) is 0 Å². The minimum atomic E-state index is 0.00241. The molecule has 0 saturated carbocycles. The third kappa shape index (κ3) is 3.54. The molecule has 2 heterocycles. The summed E-state index contributed by atoms with van der Waals surface area (Å²) in [4.78, 5) is 13.7. The Morgan fingerprint density at radius 3 is 3.17 bits per heavy atom. The van der Waals surface area contributed by atoms with Crippen LogP contribution in [0, 0.1) is 0 Å². The summed E-state index contributed by atoms with van der Waals surface area (Å²) in [5, 5.41) is 7.31. The van der Waals surface area contributed by atoms with Gasteiger partial charge in [-0.25, -0.2) is 0 Å². The van der Waals surface area contributed by atoms with Crippen molar-refractivity contribution in [2.75, 3.05) is 26.7 Å². The molecule has 0 aliphatic carbocycles. The van der Waals surface area contributed by atoms with Gasteiger partial charge < -0.3 is 15.0 Å². The van der Waals surface area contributed by atoms with Crippen molar-refractivity contribution in [1.82, 2.24) is 20.0 Å². The number of carbonyl (C=O) groups is 1. The summed E-state index contributed by atoms with van der Waals surface area (Å²) < 4.78 is 7.26. The first-order valence-electron chi connectivity index (χ1n) is 6.19. The second-order valence-corrected chi connectivity index (χ2v) is 4.67. The molecule has 0 radical (unpaired) electrons. The van der Waals surface area contributed by atoms with Crippen molar-refractivity contribution in [2.45, 2.75) is 19.1 Å². The molecule has 1 N–H and O–H groups in total. The average Bonchev–Trinajstić information content (AvgIpc) is 2.76. The normalized spacial score (nSPS) is 19.8. The number of carbonyl (C=O) groups excluding carboxylic acids is 1. The number of nitrogens with zero attached hydrogens (tertiary/aromatic N) is 3. The number of morpholine rings is 1. The highest BCUT2D eigenvalue weighted by Gasteiger charge is 2.19. The second kappa shape index (κ2) is 5.97. The minimum Gasteiger partial charge on any atom is -0.375 e. The van der Waals surface area contributed by atoms with E-state index in [9.17, 15) is 4.79 Å². The molecule has 0 aromatic carbocycles. The van der Waals surface area contributed by atoms with Crippen molar-refractivity contribution in [3.63, 3.8) is 0 Å². The van der Waals surface area contributed by atoms with Gasteiger partial charge in [0.1, 0.15) is 0 Å². The highest BCUT2D eigenvalue weighted by atomic mass is 16.5. The van der Waals surface area contributed by atoms with E-state index in [0.717, 1.165) is 18.7 Å². The summed E-state index contributed by atoms with van der Waals surface area (Å²) in [6.07, 6.45) is 4.14. The van der Waals surface area contributed by atoms with Crippen molar-refractivity contribution >= 4 is 5.91 Å². The summed E-state index contributed by atoms with van der Waals surface area (Å²) in [6, 6.07) is 0. The van der Waals surface area contributed by atoms with Gasteiger partial charge in [-0.3, -0.25) is 9.48 Å². The van der Waals surface area contributed by atoms with Crippen molar-refractivity contribution in [2.24, 2.45) is 7.05 Å². The molecular formula is C12H20N4O2. The second-order valence-electron chi connectivity index (χ2n) is 4.67. The van der Waals surface area contributed by atoms with Crippen LogP contribution in [-0.4, -0.2) is 53.4 Å². The van der Waals surface area contributed by atoms with E-state index in [2.05, 4.69) is 10.4 Å². The Morgan fingerprint density at radius 1 is 1.72 bits per heavy atom. The number of rotatable bonds is 4. The van der Waals surface area contributed by atoms with Gasteiger partial charge in [0.15, 0.2) is 0 Å². The molecular weight excluding hydrogens is 232 g/mol. The Hall–Kier alpha value is -1.40. The Balaban J connectivity index is 1.80. The summed E-state index contributed by atoms with van der Waals surface area (Å²) in [5.41, 5.74) is 1.04. The van der Waals surface area contributed by atoms with Gasteiger partial charge in [0.2, 0.25) is 5.91 Å². The zero-order chi connectivity index (χ0) is 13.0. The van der Waals surface area contributed by atoms with E-state index in [1.807, 2.05) is 20.3 Å². The monoisotopic (exact) mass is 252 g/mol. The number of hydrogen-bond donors (Lipinski definition) is 1. The Bertz CT molecular complexity index is 399. The minimum absolute atomic E-state index is 0.00241. The largest absolute Gasteiger partial charge is 0.375 e. The molecule has 18 heavy (non-hydrogen) atoms. The SMILES string of the molecule is CN(Cc1cnn(C)c1)C(=O)CC1CNCCO1. The van der Waals surface area contributed by atoms with Crippen LogP contribution in [-0.2, 0) is 23.1 Å². The lowest BCUT2D eigenvalue weighted by atomic mass is 10.2. The van der Waals surface area contributed by atoms with Crippen molar-refractivity contribution in [3.05, 3.63) is 18.0 Å². The van der Waals surface area contributed by atoms with E-state index in [0.29, 0.717) is 19.6 Å². The maximum atomic E-state index is 12.0. The van der Waals surface area contributed by atoms with E-state index >= 15 is 0 Å². The zero-order valence-electron chi connectivity index (χ0n) is 10.9. The van der Waals surface area contributed by atoms with Gasteiger partial charge in [-0.2, -0.15) is 5.10 Å². The summed E-state index contributed by atoms with van der Waals surface area (Å²) in [7, 11) is 3.68. The van der Waals surface area contributed by atoms with Gasteiger partial charge >= 0.3 is 0 Å². The third-order valence-corrected chi connectivity index (χ3v) is 3.01. The number of amides is 1. The van der Waals surface area contributed by atoms with E-state index < -0.39 is 0 Å². The standard InChI is InChI=1S/C12H20N4O2/c1-15(8-10-6-14-16(2)9-10)12(17)5-11-7-13-3-4-18-11/h6,9,11,13H,3-5,7-8H2,1-2H3. The number of aryl methyl sites for hydroxylation is 1. The van der Waals surface area contributed by atoms with Crippen molar-refractivity contribution in [1.29, 1.82) is 0 Å². The summed E-state index contributed by atoms with van der Waals surface area (Å²) in [6.45, 7) is 2.90. The molecule has 1 amide bonds. The van der Waals surface area contributed by atoms with Crippen molar-refractivity contribution in [3.8, 4) is 0 Å². The Morgan fingerprint density at radius 2 is 2.56 bits per heavy atom. The quantitative estimate of drug-likeness (QED) is 0.803. The zero-order valence-corrected chi connectivity index (χ0v) is 10.9. The van der Waals surface area contributed by atoms with Gasteiger partial charge in [-0.05, 0) is 0 Å². The molecule has 100 valence electrons. The van der Waals surface area contributed by atoms with Crippen LogP contribution in [0.2, 0.25) is 0 Å². The lowest BCUT2D eigenvalue weighted by Crippen LogP contribution is -2.41. The molecule has 1 unspecified atom stereocenters. The Kier molecular flexibility index (Phi) is 4.33. The number of nitrogens with one attached hydrogen (secondary N) is 1. The van der Waals surface area contributed by atoms with Gasteiger partial charge in [0.25, 0.3) is 0 Å². The third-order valence-electron chi connectivity index (χ3n) is 3.01. The van der Waals surface area contributed by atoms with Crippen LogP contribution in [0.15, 0.2) is 12.4 Å². The molecule has 6 nitrogen and oxygen atoms in total. The van der Waals surface area contributed by atoms with Crippen molar-refractivity contribution < 1.29 is 9.53 Å². The molecule has 1 aliphatic rings. The number of aromatic nitrogens is 2. The molecule has 1 atom stereocenters. The van der Waals surface area contributed by atoms with Gasteiger partial charge in [-0.15, -0.1) is 0 Å². The first-order chi connectivity index (χ1) is 8.65. The van der Waals surface area contributed by atoms with Gasteiger partial charge in [0.05, 0.1) is 25.3 Å². The number of ether oxygens (including phenoxy) is 1. The van der Waals surface area contributed by atoms with Crippen LogP contribution >= 0.6 is 0 Å².